The molecule has 0 spiro atoms. The summed E-state index contributed by atoms with van der Waals surface area (Å²) in [7, 11) is 1.27. The molecule has 48 valence electrons. The number of rotatable bonds is 2. The molecule has 0 N–H and O–H groups in total. The van der Waals surface area contributed by atoms with Gasteiger partial charge in [0.2, 0.25) is 5.75 Å². The zero-order valence-corrected chi connectivity index (χ0v) is 5.66. The third kappa shape index (κ3) is 3.95. The first-order valence-corrected chi connectivity index (χ1v) is 3.76. The molecule has 0 aliphatic heterocycles. The maximum Gasteiger partial charge on any atom is 0.356 e. The lowest BCUT2D eigenvalue weighted by atomic mass is 10.8. The molecule has 3 nitrogen and oxygen atoms in total. The van der Waals surface area contributed by atoms with Gasteiger partial charge >= 0.3 is 5.97 Å². The van der Waals surface area contributed by atoms with Gasteiger partial charge in [0.05, 0.1) is 13.4 Å². The molecule has 0 bridgehead atoms. The Bertz CT molecular complexity index is 81.4. The Morgan fingerprint density at radius 1 is 1.88 bits per heavy atom. The highest BCUT2D eigenvalue weighted by Crippen LogP contribution is 1.83. The van der Waals surface area contributed by atoms with Crippen molar-refractivity contribution in [1.82, 2.24) is 0 Å². The molecule has 4 heteroatoms. The second kappa shape index (κ2) is 3.74. The number of methoxy groups -OCH3 is 1. The lowest BCUT2D eigenvalue weighted by Gasteiger charge is -2.00. The molecule has 0 radical (unpaired) electrons. The number of esters is 1. The van der Waals surface area contributed by atoms with Gasteiger partial charge in [-0.05, 0) is 11.2 Å². The summed E-state index contributed by atoms with van der Waals surface area (Å²) in [6, 6.07) is 0. The Labute approximate surface area is 51.2 Å². The van der Waals surface area contributed by atoms with Gasteiger partial charge in [0, 0.05) is 0 Å². The third-order valence-corrected chi connectivity index (χ3v) is 1.19. The molecule has 0 saturated heterocycles. The molecule has 0 aromatic heterocycles. The summed E-state index contributed by atoms with van der Waals surface area (Å²) in [5.74, 6) is -0.429. The quantitative estimate of drug-likeness (QED) is 0.381. The zero-order chi connectivity index (χ0) is 6.57. The average molecular weight is 136 g/mol. The van der Waals surface area contributed by atoms with Gasteiger partial charge in [-0.2, -0.15) is 0 Å². The van der Waals surface area contributed by atoms with E-state index >= 15 is 0 Å². The lowest BCUT2D eigenvalue weighted by Crippen LogP contribution is -2.15. The Balaban J connectivity index is 3.25. The first-order valence-electron chi connectivity index (χ1n) is 2.03. The predicted molar refractivity (Wildman–Crippen MR) is 30.9 cm³/mol. The first-order chi connectivity index (χ1) is 3.66. The van der Waals surface area contributed by atoms with Crippen LogP contribution in [0.1, 0.15) is 0 Å². The van der Waals surface area contributed by atoms with Crippen LogP contribution in [0, 0.1) is 0 Å². The normalized spacial score (nSPS) is 12.9. The molecule has 0 aromatic rings. The average Bonchev–Trinajstić information content (AvgIpc) is 1.65. The monoisotopic (exact) mass is 136 g/mol. The van der Waals surface area contributed by atoms with Crippen LogP contribution in [0.2, 0.25) is 0 Å². The fraction of sp³-hybridized carbons (Fsp3) is 0.750. The molecule has 0 aromatic carbocycles. The molecule has 1 atom stereocenters. The molecule has 1 unspecified atom stereocenters. The van der Waals surface area contributed by atoms with Crippen molar-refractivity contribution in [2.45, 2.75) is 0 Å². The fourth-order valence-corrected chi connectivity index (χ4v) is 0.675. The molecule has 0 aliphatic carbocycles. The van der Waals surface area contributed by atoms with Crippen molar-refractivity contribution in [1.29, 1.82) is 0 Å². The van der Waals surface area contributed by atoms with Crippen molar-refractivity contribution < 1.29 is 14.1 Å². The molecular formula is C4H8O3S. The van der Waals surface area contributed by atoms with Crippen LogP contribution in [0.3, 0.4) is 0 Å². The van der Waals surface area contributed by atoms with E-state index in [0.29, 0.717) is 0 Å². The fourth-order valence-electron chi connectivity index (χ4n) is 0.225. The summed E-state index contributed by atoms with van der Waals surface area (Å²) in [5.41, 5.74) is 0. The minimum Gasteiger partial charge on any atom is -0.616 e. The van der Waals surface area contributed by atoms with Crippen LogP contribution in [0.4, 0.5) is 0 Å². The lowest BCUT2D eigenvalue weighted by molar-refractivity contribution is -0.137. The van der Waals surface area contributed by atoms with Crippen LogP contribution in [0.25, 0.3) is 0 Å². The standard InChI is InChI=1S/C4H8O3S/c1-7-4(5)3-8(2)6/h3H2,1-2H3. The second-order valence-corrected chi connectivity index (χ2v) is 2.73. The highest BCUT2D eigenvalue weighted by atomic mass is 32.2. The van der Waals surface area contributed by atoms with E-state index in [1.54, 1.807) is 0 Å². The van der Waals surface area contributed by atoms with Gasteiger partial charge in [0.1, 0.15) is 0 Å². The first kappa shape index (κ1) is 7.78. The van der Waals surface area contributed by atoms with E-state index in [9.17, 15) is 9.35 Å². The van der Waals surface area contributed by atoms with Gasteiger partial charge in [-0.3, -0.25) is 0 Å². The van der Waals surface area contributed by atoms with Crippen molar-refractivity contribution in [3.63, 3.8) is 0 Å². The Kier molecular flexibility index (Phi) is 3.64. The smallest absolute Gasteiger partial charge is 0.356 e. The maximum atomic E-state index is 10.2. The van der Waals surface area contributed by atoms with Gasteiger partial charge in [-0.1, -0.05) is 0 Å². The van der Waals surface area contributed by atoms with E-state index in [0.717, 1.165) is 0 Å². The van der Waals surface area contributed by atoms with Crippen LogP contribution < -0.4 is 0 Å². The van der Waals surface area contributed by atoms with Crippen molar-refractivity contribution in [2.24, 2.45) is 0 Å². The number of carbonyl (C=O) groups is 1. The van der Waals surface area contributed by atoms with Crippen molar-refractivity contribution in [2.75, 3.05) is 19.1 Å². The number of carbonyl (C=O) groups excluding carboxylic acids is 1. The van der Waals surface area contributed by atoms with Gasteiger partial charge < -0.3 is 9.29 Å². The van der Waals surface area contributed by atoms with Gasteiger partial charge in [0.25, 0.3) is 0 Å². The second-order valence-electron chi connectivity index (χ2n) is 1.29. The third-order valence-electron chi connectivity index (χ3n) is 0.549. The van der Waals surface area contributed by atoms with Crippen LogP contribution in [-0.4, -0.2) is 29.6 Å². The number of ether oxygens (including phenoxy) is 1. The minimum absolute atomic E-state index is 0.00347. The molecule has 0 fully saturated rings. The summed E-state index contributed by atoms with van der Waals surface area (Å²) in [6.45, 7) is 0. The van der Waals surface area contributed by atoms with E-state index < -0.39 is 17.1 Å². The highest BCUT2D eigenvalue weighted by Gasteiger charge is 2.05. The van der Waals surface area contributed by atoms with Crippen molar-refractivity contribution in [3.05, 3.63) is 0 Å². The molecule has 0 rings (SSSR count). The van der Waals surface area contributed by atoms with Crippen molar-refractivity contribution >= 4 is 17.1 Å². The molecule has 0 saturated carbocycles. The predicted octanol–water partition coefficient (Wildman–Crippen LogP) is -0.462. The topological polar surface area (TPSA) is 49.4 Å². The maximum absolute atomic E-state index is 10.2. The number of hydrogen-bond donors (Lipinski definition) is 0. The van der Waals surface area contributed by atoms with Gasteiger partial charge in [0.15, 0.2) is 0 Å². The van der Waals surface area contributed by atoms with Gasteiger partial charge in [-0.25, -0.2) is 4.79 Å². The molecular weight excluding hydrogens is 128 g/mol. The summed E-state index contributed by atoms with van der Waals surface area (Å²) in [5, 5.41) is 0. The Morgan fingerprint density at radius 3 is 2.50 bits per heavy atom. The summed E-state index contributed by atoms with van der Waals surface area (Å²) < 4.78 is 14.5. The summed E-state index contributed by atoms with van der Waals surface area (Å²) in [4.78, 5) is 10.2. The SMILES string of the molecule is COC(=O)C[S+](C)[O-]. The van der Waals surface area contributed by atoms with Crippen LogP contribution >= 0.6 is 0 Å². The van der Waals surface area contributed by atoms with E-state index in [4.69, 9.17) is 0 Å². The summed E-state index contributed by atoms with van der Waals surface area (Å²) >= 11 is -1.07. The molecule has 0 amide bonds. The van der Waals surface area contributed by atoms with Gasteiger partial charge in [-0.15, -0.1) is 0 Å². The van der Waals surface area contributed by atoms with Crippen LogP contribution in [0.5, 0.6) is 0 Å². The van der Waals surface area contributed by atoms with E-state index in [1.165, 1.54) is 13.4 Å². The highest BCUT2D eigenvalue weighted by molar-refractivity contribution is 7.91. The molecule has 0 aliphatic rings. The Morgan fingerprint density at radius 2 is 2.38 bits per heavy atom. The van der Waals surface area contributed by atoms with E-state index in [2.05, 4.69) is 4.74 Å². The zero-order valence-electron chi connectivity index (χ0n) is 4.84. The largest absolute Gasteiger partial charge is 0.616 e. The van der Waals surface area contributed by atoms with E-state index in [1.807, 2.05) is 0 Å². The van der Waals surface area contributed by atoms with E-state index in [-0.39, 0.29) is 5.75 Å². The summed E-state index contributed by atoms with van der Waals surface area (Å²) in [6.07, 6.45) is 1.46. The Hall–Kier alpha value is -0.220. The van der Waals surface area contributed by atoms with Crippen LogP contribution in [-0.2, 0) is 20.7 Å². The minimum atomic E-state index is -1.07. The van der Waals surface area contributed by atoms with Crippen molar-refractivity contribution in [3.8, 4) is 0 Å². The molecule has 0 heterocycles. The number of hydrogen-bond acceptors (Lipinski definition) is 3. The van der Waals surface area contributed by atoms with Crippen LogP contribution in [0.15, 0.2) is 0 Å². The molecule has 8 heavy (non-hydrogen) atoms.